The average molecular weight is 216 g/mol. The van der Waals surface area contributed by atoms with Gasteiger partial charge >= 0.3 is 0 Å². The second-order valence-electron chi connectivity index (χ2n) is 2.53. The second-order valence-corrected chi connectivity index (χ2v) is 2.94. The molecular weight excluding hydrogens is 205 g/mol. The van der Waals surface area contributed by atoms with E-state index in [2.05, 4.69) is 5.16 Å². The summed E-state index contributed by atoms with van der Waals surface area (Å²) < 4.78 is 17.7. The fraction of sp³-hybridized carbons (Fsp3) is 0.300. The molecule has 1 aromatic carbocycles. The number of rotatable bonds is 0. The fourth-order valence-corrected chi connectivity index (χ4v) is 1.33. The van der Waals surface area contributed by atoms with Gasteiger partial charge in [0.25, 0.3) is 0 Å². The zero-order valence-corrected chi connectivity index (χ0v) is 9.02. The fourth-order valence-electron chi connectivity index (χ4n) is 1.09. The van der Waals surface area contributed by atoms with Gasteiger partial charge in [0, 0.05) is 5.39 Å². The van der Waals surface area contributed by atoms with Crippen molar-refractivity contribution in [3.63, 3.8) is 0 Å². The standard InChI is InChI=1S/C8H5ClFNO.C2H6/c1-4-6-2-5(10)3-7(9)8(6)12-11-4;1-2/h2-3H,1H3;1-2H3. The third kappa shape index (κ3) is 1.87. The first kappa shape index (κ1) is 11.0. The molecule has 0 aliphatic carbocycles. The Morgan fingerprint density at radius 1 is 1.36 bits per heavy atom. The smallest absolute Gasteiger partial charge is 0.185 e. The predicted molar refractivity (Wildman–Crippen MR) is 55.1 cm³/mol. The monoisotopic (exact) mass is 215 g/mol. The molecule has 2 rings (SSSR count). The first-order valence-electron chi connectivity index (χ1n) is 4.39. The molecule has 0 N–H and O–H groups in total. The minimum absolute atomic E-state index is 0.255. The van der Waals surface area contributed by atoms with Gasteiger partial charge in [-0.15, -0.1) is 0 Å². The van der Waals surface area contributed by atoms with E-state index in [-0.39, 0.29) is 10.8 Å². The molecule has 1 aromatic heterocycles. The van der Waals surface area contributed by atoms with Gasteiger partial charge in [-0.2, -0.15) is 0 Å². The van der Waals surface area contributed by atoms with Crippen molar-refractivity contribution in [1.29, 1.82) is 0 Å². The lowest BCUT2D eigenvalue weighted by molar-refractivity contribution is 0.450. The molecule has 0 amide bonds. The summed E-state index contributed by atoms with van der Waals surface area (Å²) in [7, 11) is 0. The van der Waals surface area contributed by atoms with Gasteiger partial charge < -0.3 is 4.52 Å². The van der Waals surface area contributed by atoms with Crippen LogP contribution < -0.4 is 0 Å². The lowest BCUT2D eigenvalue weighted by Crippen LogP contribution is -1.75. The van der Waals surface area contributed by atoms with Gasteiger partial charge in [0.05, 0.1) is 10.7 Å². The molecule has 0 fully saturated rings. The van der Waals surface area contributed by atoms with E-state index in [0.29, 0.717) is 16.7 Å². The first-order valence-corrected chi connectivity index (χ1v) is 4.77. The van der Waals surface area contributed by atoms with Crippen LogP contribution in [0.1, 0.15) is 19.5 Å². The highest BCUT2D eigenvalue weighted by molar-refractivity contribution is 6.34. The Hall–Kier alpha value is -1.09. The van der Waals surface area contributed by atoms with Crippen LogP contribution in [0.4, 0.5) is 4.39 Å². The maximum atomic E-state index is 12.8. The number of hydrogen-bond acceptors (Lipinski definition) is 2. The number of nitrogens with zero attached hydrogens (tertiary/aromatic N) is 1. The largest absolute Gasteiger partial charge is 0.354 e. The predicted octanol–water partition coefficient (Wildman–Crippen LogP) is 3.95. The van der Waals surface area contributed by atoms with Gasteiger partial charge in [-0.05, 0) is 19.1 Å². The zero-order valence-electron chi connectivity index (χ0n) is 8.27. The van der Waals surface area contributed by atoms with Crippen LogP contribution >= 0.6 is 11.6 Å². The third-order valence-corrected chi connectivity index (χ3v) is 1.95. The lowest BCUT2D eigenvalue weighted by Gasteiger charge is -1.91. The molecule has 0 aliphatic rings. The molecule has 1 heterocycles. The Bertz CT molecular complexity index is 439. The minimum atomic E-state index is -0.376. The highest BCUT2D eigenvalue weighted by Gasteiger charge is 2.09. The van der Waals surface area contributed by atoms with Crippen molar-refractivity contribution in [3.8, 4) is 0 Å². The van der Waals surface area contributed by atoms with Crippen molar-refractivity contribution >= 4 is 22.6 Å². The molecule has 14 heavy (non-hydrogen) atoms. The van der Waals surface area contributed by atoms with Crippen molar-refractivity contribution in [2.24, 2.45) is 0 Å². The molecule has 0 saturated carbocycles. The number of aryl methyl sites for hydroxylation is 1. The molecule has 76 valence electrons. The lowest BCUT2D eigenvalue weighted by atomic mass is 10.2. The van der Waals surface area contributed by atoms with Crippen LogP contribution in [0.15, 0.2) is 16.7 Å². The van der Waals surface area contributed by atoms with E-state index in [9.17, 15) is 4.39 Å². The molecule has 2 nitrogen and oxygen atoms in total. The summed E-state index contributed by atoms with van der Waals surface area (Å²) in [5, 5.41) is 4.55. The van der Waals surface area contributed by atoms with E-state index < -0.39 is 0 Å². The van der Waals surface area contributed by atoms with Gasteiger partial charge in [0.15, 0.2) is 5.58 Å². The Kier molecular flexibility index (Phi) is 3.47. The summed E-state index contributed by atoms with van der Waals surface area (Å²) in [6.45, 7) is 5.74. The van der Waals surface area contributed by atoms with E-state index in [1.165, 1.54) is 12.1 Å². The molecular formula is C10H11ClFNO. The zero-order chi connectivity index (χ0) is 10.7. The molecule has 4 heteroatoms. The first-order chi connectivity index (χ1) is 6.68. The molecule has 0 atom stereocenters. The maximum Gasteiger partial charge on any atom is 0.185 e. The molecule has 0 radical (unpaired) electrons. The highest BCUT2D eigenvalue weighted by atomic mass is 35.5. The molecule has 0 unspecified atom stereocenters. The van der Waals surface area contributed by atoms with Crippen molar-refractivity contribution < 1.29 is 8.91 Å². The average Bonchev–Trinajstić information content (AvgIpc) is 2.52. The number of aromatic nitrogens is 1. The second kappa shape index (κ2) is 4.42. The van der Waals surface area contributed by atoms with E-state index in [1.807, 2.05) is 13.8 Å². The van der Waals surface area contributed by atoms with Crippen LogP contribution in [0.25, 0.3) is 11.0 Å². The van der Waals surface area contributed by atoms with Gasteiger partial charge in [-0.3, -0.25) is 0 Å². The Morgan fingerprint density at radius 3 is 2.64 bits per heavy atom. The van der Waals surface area contributed by atoms with Crippen LogP contribution in [-0.4, -0.2) is 5.16 Å². The number of fused-ring (bicyclic) bond motifs is 1. The van der Waals surface area contributed by atoms with Crippen molar-refractivity contribution in [3.05, 3.63) is 28.7 Å². The van der Waals surface area contributed by atoms with Crippen molar-refractivity contribution in [2.75, 3.05) is 0 Å². The van der Waals surface area contributed by atoms with E-state index in [4.69, 9.17) is 16.1 Å². The summed E-state index contributed by atoms with van der Waals surface area (Å²) in [5.74, 6) is -0.376. The van der Waals surface area contributed by atoms with E-state index in [1.54, 1.807) is 6.92 Å². The molecule has 0 bridgehead atoms. The normalized spacial score (nSPS) is 9.79. The van der Waals surface area contributed by atoms with Crippen LogP contribution in [0.5, 0.6) is 0 Å². The SMILES string of the molecule is CC.Cc1noc2c(Cl)cc(F)cc12. The molecule has 0 saturated heterocycles. The van der Waals surface area contributed by atoms with Gasteiger partial charge in [-0.1, -0.05) is 30.6 Å². The summed E-state index contributed by atoms with van der Waals surface area (Å²) in [4.78, 5) is 0. The van der Waals surface area contributed by atoms with Crippen LogP contribution in [0, 0.1) is 12.7 Å². The maximum absolute atomic E-state index is 12.8. The third-order valence-electron chi connectivity index (χ3n) is 1.67. The van der Waals surface area contributed by atoms with Crippen molar-refractivity contribution in [1.82, 2.24) is 5.16 Å². The molecule has 2 aromatic rings. The summed E-state index contributed by atoms with van der Waals surface area (Å²) in [5.41, 5.74) is 1.09. The Balaban J connectivity index is 0.000000461. The topological polar surface area (TPSA) is 26.0 Å². The minimum Gasteiger partial charge on any atom is -0.354 e. The molecule has 0 spiro atoms. The highest BCUT2D eigenvalue weighted by Crippen LogP contribution is 2.26. The van der Waals surface area contributed by atoms with E-state index >= 15 is 0 Å². The summed E-state index contributed by atoms with van der Waals surface area (Å²) in [6.07, 6.45) is 0. The van der Waals surface area contributed by atoms with Crippen molar-refractivity contribution in [2.45, 2.75) is 20.8 Å². The Labute approximate surface area is 86.6 Å². The van der Waals surface area contributed by atoms with E-state index in [0.717, 1.165) is 0 Å². The van der Waals surface area contributed by atoms with Crippen LogP contribution in [0.3, 0.4) is 0 Å². The van der Waals surface area contributed by atoms with Gasteiger partial charge in [0.1, 0.15) is 5.82 Å². The number of benzene rings is 1. The van der Waals surface area contributed by atoms with Gasteiger partial charge in [0.2, 0.25) is 0 Å². The van der Waals surface area contributed by atoms with Gasteiger partial charge in [-0.25, -0.2) is 4.39 Å². The summed E-state index contributed by atoms with van der Waals surface area (Å²) >= 11 is 5.70. The quantitative estimate of drug-likeness (QED) is 0.665. The van der Waals surface area contributed by atoms with Crippen LogP contribution in [-0.2, 0) is 0 Å². The number of hydrogen-bond donors (Lipinski definition) is 0. The Morgan fingerprint density at radius 2 is 2.00 bits per heavy atom. The molecule has 0 aliphatic heterocycles. The summed E-state index contributed by atoms with van der Waals surface area (Å²) in [6, 6.07) is 2.56. The number of halogens is 2. The van der Waals surface area contributed by atoms with Crippen LogP contribution in [0.2, 0.25) is 5.02 Å².